The van der Waals surface area contributed by atoms with Gasteiger partial charge in [-0.3, -0.25) is 0 Å². The Kier molecular flexibility index (Phi) is 2.90. The number of rotatable bonds is 1. The summed E-state index contributed by atoms with van der Waals surface area (Å²) in [5.74, 6) is 0.602. The van der Waals surface area contributed by atoms with Gasteiger partial charge in [-0.15, -0.1) is 11.8 Å². The number of allylic oxidation sites excluding steroid dienone is 1. The van der Waals surface area contributed by atoms with Crippen LogP contribution in [0.4, 0.5) is 0 Å². The summed E-state index contributed by atoms with van der Waals surface area (Å²) in [4.78, 5) is 1.42. The molecule has 1 nitrogen and oxygen atoms in total. The van der Waals surface area contributed by atoms with Gasteiger partial charge < -0.3 is 0 Å². The molecule has 0 amide bonds. The molecule has 2 aromatic rings. The van der Waals surface area contributed by atoms with Gasteiger partial charge in [0.25, 0.3) is 0 Å². The summed E-state index contributed by atoms with van der Waals surface area (Å²) >= 11 is 1.86. The first-order chi connectivity index (χ1) is 8.74. The van der Waals surface area contributed by atoms with E-state index in [1.165, 1.54) is 27.1 Å². The molecule has 2 heteroatoms. The van der Waals surface area contributed by atoms with Crippen molar-refractivity contribution in [1.29, 1.82) is 0 Å². The van der Waals surface area contributed by atoms with Gasteiger partial charge in [0.1, 0.15) is 7.05 Å². The van der Waals surface area contributed by atoms with E-state index in [9.17, 15) is 0 Å². The van der Waals surface area contributed by atoms with Crippen molar-refractivity contribution >= 4 is 28.7 Å². The Bertz CT molecular complexity index is 643. The highest BCUT2D eigenvalue weighted by Crippen LogP contribution is 2.36. The van der Waals surface area contributed by atoms with Gasteiger partial charge in [0, 0.05) is 16.9 Å². The third-order valence-corrected chi connectivity index (χ3v) is 4.69. The number of benzene rings is 1. The second-order valence-corrected chi connectivity index (χ2v) is 5.76. The molecule has 1 aromatic carbocycles. The second-order valence-electron chi connectivity index (χ2n) is 4.95. The standard InChI is InChI=1S/C16H18NS/c1-11-7-6-9-13-15(11)17(2)14-10-5-4-8-12(14)16(13)18-3/h4-6,8-11H,7H2,1-3H3/q+1. The van der Waals surface area contributed by atoms with Crippen LogP contribution in [0, 0.1) is 0 Å². The molecular weight excluding hydrogens is 238 g/mol. The van der Waals surface area contributed by atoms with Gasteiger partial charge in [0.15, 0.2) is 5.69 Å². The fraction of sp³-hybridized carbons (Fsp3) is 0.312. The van der Waals surface area contributed by atoms with E-state index in [2.05, 4.69) is 61.2 Å². The minimum atomic E-state index is 0.602. The van der Waals surface area contributed by atoms with Crippen LogP contribution in [0.2, 0.25) is 0 Å². The van der Waals surface area contributed by atoms with Crippen LogP contribution in [0.25, 0.3) is 17.0 Å². The van der Waals surface area contributed by atoms with Crippen molar-refractivity contribution in [3.05, 3.63) is 41.6 Å². The molecule has 92 valence electrons. The van der Waals surface area contributed by atoms with Crippen molar-refractivity contribution in [2.45, 2.75) is 24.2 Å². The zero-order chi connectivity index (χ0) is 12.7. The molecular formula is C16H18NS+. The minimum Gasteiger partial charge on any atom is -0.197 e. The zero-order valence-corrected chi connectivity index (χ0v) is 11.9. The fourth-order valence-electron chi connectivity index (χ4n) is 3.01. The van der Waals surface area contributed by atoms with Gasteiger partial charge in [-0.25, -0.2) is 0 Å². The molecule has 1 aliphatic carbocycles. The number of aryl methyl sites for hydroxylation is 1. The first-order valence-corrected chi connectivity index (χ1v) is 7.61. The summed E-state index contributed by atoms with van der Waals surface area (Å²) in [5, 5.41) is 1.37. The zero-order valence-electron chi connectivity index (χ0n) is 11.1. The molecule has 0 bridgehead atoms. The van der Waals surface area contributed by atoms with Crippen LogP contribution in [0.1, 0.15) is 30.5 Å². The lowest BCUT2D eigenvalue weighted by atomic mass is 9.91. The molecule has 3 rings (SSSR count). The van der Waals surface area contributed by atoms with E-state index in [0.29, 0.717) is 5.92 Å². The molecule has 0 saturated carbocycles. The van der Waals surface area contributed by atoms with E-state index >= 15 is 0 Å². The number of thioether (sulfide) groups is 1. The molecule has 0 spiro atoms. The first kappa shape index (κ1) is 11.8. The van der Waals surface area contributed by atoms with Crippen molar-refractivity contribution < 1.29 is 4.57 Å². The summed E-state index contributed by atoms with van der Waals surface area (Å²) in [6.07, 6.45) is 7.93. The highest BCUT2D eigenvalue weighted by Gasteiger charge is 2.27. The first-order valence-electron chi connectivity index (χ1n) is 6.39. The Morgan fingerprint density at radius 2 is 2.06 bits per heavy atom. The van der Waals surface area contributed by atoms with Gasteiger partial charge in [-0.05, 0) is 18.7 Å². The lowest BCUT2D eigenvalue weighted by Crippen LogP contribution is -2.37. The lowest BCUT2D eigenvalue weighted by Gasteiger charge is -2.19. The molecule has 18 heavy (non-hydrogen) atoms. The molecule has 0 aliphatic heterocycles. The molecule has 1 aliphatic rings. The molecule has 1 heterocycles. The Labute approximate surface area is 113 Å². The Hall–Kier alpha value is -1.28. The second kappa shape index (κ2) is 4.43. The SMILES string of the molecule is CSc1c2c([n+](C)c3ccccc13)C(C)CC=C2. The summed E-state index contributed by atoms with van der Waals surface area (Å²) in [6.45, 7) is 2.32. The average Bonchev–Trinajstić information content (AvgIpc) is 2.39. The van der Waals surface area contributed by atoms with Gasteiger partial charge in [0.2, 0.25) is 5.52 Å². The van der Waals surface area contributed by atoms with Crippen LogP contribution in [-0.4, -0.2) is 6.26 Å². The Morgan fingerprint density at radius 3 is 2.83 bits per heavy atom. The van der Waals surface area contributed by atoms with Crippen LogP contribution in [0.15, 0.2) is 35.2 Å². The van der Waals surface area contributed by atoms with Crippen LogP contribution < -0.4 is 4.57 Å². The number of hydrogen-bond acceptors (Lipinski definition) is 1. The van der Waals surface area contributed by atoms with Crippen LogP contribution >= 0.6 is 11.8 Å². The van der Waals surface area contributed by atoms with Crippen LogP contribution in [0.3, 0.4) is 0 Å². The summed E-state index contributed by atoms with van der Waals surface area (Å²) in [7, 11) is 2.20. The highest BCUT2D eigenvalue weighted by atomic mass is 32.2. The third-order valence-electron chi connectivity index (χ3n) is 3.84. The van der Waals surface area contributed by atoms with Crippen molar-refractivity contribution in [3.8, 4) is 0 Å². The van der Waals surface area contributed by atoms with Crippen LogP contribution in [-0.2, 0) is 7.05 Å². The highest BCUT2D eigenvalue weighted by molar-refractivity contribution is 7.98. The molecule has 0 N–H and O–H groups in total. The summed E-state index contributed by atoms with van der Waals surface area (Å²) in [5.41, 5.74) is 4.23. The van der Waals surface area contributed by atoms with E-state index in [1.807, 2.05) is 11.8 Å². The van der Waals surface area contributed by atoms with Gasteiger partial charge in [-0.1, -0.05) is 31.2 Å². The maximum atomic E-state index is 2.37. The number of nitrogens with zero attached hydrogens (tertiary/aromatic N) is 1. The smallest absolute Gasteiger partial charge is 0.197 e. The Balaban J connectivity index is 2.49. The van der Waals surface area contributed by atoms with Crippen molar-refractivity contribution in [2.75, 3.05) is 6.26 Å². The average molecular weight is 256 g/mol. The number of aromatic nitrogens is 1. The molecule has 1 aromatic heterocycles. The molecule has 1 unspecified atom stereocenters. The Morgan fingerprint density at radius 1 is 1.28 bits per heavy atom. The van der Waals surface area contributed by atoms with Gasteiger partial charge in [0.05, 0.1) is 10.9 Å². The fourth-order valence-corrected chi connectivity index (χ4v) is 3.79. The van der Waals surface area contributed by atoms with Crippen LogP contribution in [0.5, 0.6) is 0 Å². The largest absolute Gasteiger partial charge is 0.213 e. The number of fused-ring (bicyclic) bond motifs is 2. The number of pyridine rings is 1. The number of hydrogen-bond donors (Lipinski definition) is 0. The molecule has 0 fully saturated rings. The van der Waals surface area contributed by atoms with E-state index in [0.717, 1.165) is 6.42 Å². The number of para-hydroxylation sites is 1. The summed E-state index contributed by atoms with van der Waals surface area (Å²) < 4.78 is 2.37. The van der Waals surface area contributed by atoms with Crippen molar-refractivity contribution in [3.63, 3.8) is 0 Å². The maximum Gasteiger partial charge on any atom is 0.213 e. The topological polar surface area (TPSA) is 3.88 Å². The monoisotopic (exact) mass is 256 g/mol. The predicted molar refractivity (Wildman–Crippen MR) is 79.0 cm³/mol. The van der Waals surface area contributed by atoms with E-state index in [-0.39, 0.29) is 0 Å². The van der Waals surface area contributed by atoms with Gasteiger partial charge >= 0.3 is 0 Å². The van der Waals surface area contributed by atoms with E-state index in [4.69, 9.17) is 0 Å². The van der Waals surface area contributed by atoms with Gasteiger partial charge in [-0.2, -0.15) is 4.57 Å². The molecule has 0 saturated heterocycles. The minimum absolute atomic E-state index is 0.602. The maximum absolute atomic E-state index is 2.37. The quantitative estimate of drug-likeness (QED) is 0.553. The third kappa shape index (κ3) is 1.59. The molecule has 0 radical (unpaired) electrons. The molecule has 1 atom stereocenters. The predicted octanol–water partition coefficient (Wildman–Crippen LogP) is 3.91. The normalized spacial score (nSPS) is 18.1. The van der Waals surface area contributed by atoms with E-state index in [1.54, 1.807) is 0 Å². The van der Waals surface area contributed by atoms with Crippen molar-refractivity contribution in [1.82, 2.24) is 0 Å². The lowest BCUT2D eigenvalue weighted by molar-refractivity contribution is -0.654. The van der Waals surface area contributed by atoms with E-state index < -0.39 is 0 Å². The summed E-state index contributed by atoms with van der Waals surface area (Å²) in [6, 6.07) is 8.71. The van der Waals surface area contributed by atoms with Crippen molar-refractivity contribution in [2.24, 2.45) is 7.05 Å².